The summed E-state index contributed by atoms with van der Waals surface area (Å²) < 4.78 is 35.7. The average Bonchev–Trinajstić information content (AvgIpc) is 3.49. The van der Waals surface area contributed by atoms with Crippen LogP contribution >= 0.6 is 0 Å². The molecule has 6 rings (SSSR count). The molecule has 1 aliphatic rings. The summed E-state index contributed by atoms with van der Waals surface area (Å²) in [4.78, 5) is 30.3. The Labute approximate surface area is 208 Å². The molecule has 1 fully saturated rings. The highest BCUT2D eigenvalue weighted by Crippen LogP contribution is 2.35. The zero-order valence-corrected chi connectivity index (χ0v) is 19.5. The average molecular weight is 502 g/mol. The Morgan fingerprint density at radius 2 is 2.00 bits per heavy atom. The number of fused-ring (bicyclic) bond motifs is 1. The molecule has 0 bridgehead atoms. The number of aromatic nitrogens is 6. The van der Waals surface area contributed by atoms with Crippen molar-refractivity contribution in [2.75, 3.05) is 18.4 Å². The van der Waals surface area contributed by atoms with E-state index in [-0.39, 0.29) is 28.2 Å². The Bertz CT molecular complexity index is 1630. The van der Waals surface area contributed by atoms with Crippen molar-refractivity contribution in [3.05, 3.63) is 71.8 Å². The second-order valence-corrected chi connectivity index (χ2v) is 8.57. The van der Waals surface area contributed by atoms with Gasteiger partial charge in [0, 0.05) is 42.5 Å². The minimum Gasteiger partial charge on any atom is -0.435 e. The monoisotopic (exact) mass is 502 g/mol. The maximum Gasteiger partial charge on any atom is 0.263 e. The van der Waals surface area contributed by atoms with Gasteiger partial charge in [0.1, 0.15) is 11.9 Å². The van der Waals surface area contributed by atoms with Crippen LogP contribution in [0.3, 0.4) is 0 Å². The number of aromatic amines is 2. The maximum absolute atomic E-state index is 15.2. The maximum atomic E-state index is 15.2. The molecule has 5 heterocycles. The topological polar surface area (TPSA) is 125 Å². The molecule has 1 amide bonds. The van der Waals surface area contributed by atoms with E-state index in [2.05, 4.69) is 35.5 Å². The molecule has 0 saturated carbocycles. The Kier molecular flexibility index (Phi) is 5.48. The van der Waals surface area contributed by atoms with Gasteiger partial charge >= 0.3 is 0 Å². The quantitative estimate of drug-likeness (QED) is 0.307. The molecule has 0 aliphatic carbocycles. The van der Waals surface area contributed by atoms with E-state index in [0.29, 0.717) is 36.0 Å². The first-order chi connectivity index (χ1) is 18.0. The van der Waals surface area contributed by atoms with Gasteiger partial charge in [-0.25, -0.2) is 18.7 Å². The number of nitrogens with zero attached hydrogens (tertiary/aromatic N) is 5. The Balaban J connectivity index is 1.39. The zero-order valence-electron chi connectivity index (χ0n) is 19.5. The van der Waals surface area contributed by atoms with Gasteiger partial charge in [-0.05, 0) is 31.5 Å². The van der Waals surface area contributed by atoms with Gasteiger partial charge in [0.25, 0.3) is 5.91 Å². The fourth-order valence-electron chi connectivity index (χ4n) is 4.08. The number of carbonyl (C=O) groups is 1. The number of ether oxygens (including phenoxy) is 1. The second-order valence-electron chi connectivity index (χ2n) is 8.57. The molecular weight excluding hydrogens is 482 g/mol. The lowest BCUT2D eigenvalue weighted by Crippen LogP contribution is -2.42. The summed E-state index contributed by atoms with van der Waals surface area (Å²) >= 11 is 0. The van der Waals surface area contributed by atoms with Crippen molar-refractivity contribution in [2.24, 2.45) is 0 Å². The van der Waals surface area contributed by atoms with Crippen molar-refractivity contribution in [1.82, 2.24) is 35.0 Å². The van der Waals surface area contributed by atoms with Gasteiger partial charge in [-0.2, -0.15) is 5.10 Å². The van der Waals surface area contributed by atoms with Crippen LogP contribution in [0, 0.1) is 18.6 Å². The molecule has 1 aromatic carbocycles. The first-order valence-electron chi connectivity index (χ1n) is 11.5. The third-order valence-corrected chi connectivity index (χ3v) is 6.04. The number of likely N-dealkylation sites (tertiary alicyclic amines) is 1. The van der Waals surface area contributed by atoms with Crippen LogP contribution in [-0.4, -0.2) is 54.0 Å². The number of halogens is 2. The van der Waals surface area contributed by atoms with E-state index in [9.17, 15) is 9.18 Å². The number of hydrogen-bond acceptors (Lipinski definition) is 7. The molecule has 10 nitrogen and oxygen atoms in total. The number of hydrogen-bond donors (Lipinski definition) is 3. The van der Waals surface area contributed by atoms with E-state index < -0.39 is 23.3 Å². The lowest BCUT2D eigenvalue weighted by molar-refractivity contribution is 0.0649. The predicted octanol–water partition coefficient (Wildman–Crippen LogP) is 4.71. The summed E-state index contributed by atoms with van der Waals surface area (Å²) in [5.41, 5.74) is 1.94. The number of aryl methyl sites for hydroxylation is 1. The van der Waals surface area contributed by atoms with Gasteiger partial charge in [0.05, 0.1) is 16.9 Å². The van der Waals surface area contributed by atoms with E-state index in [1.165, 1.54) is 12.4 Å². The van der Waals surface area contributed by atoms with Gasteiger partial charge in [-0.1, -0.05) is 6.07 Å². The summed E-state index contributed by atoms with van der Waals surface area (Å²) in [5.74, 6) is -2.00. The summed E-state index contributed by atoms with van der Waals surface area (Å²) in [6.07, 6.45) is 3.69. The summed E-state index contributed by atoms with van der Waals surface area (Å²) in [6, 6.07) is 9.59. The Morgan fingerprint density at radius 3 is 2.76 bits per heavy atom. The normalized spacial score (nSPS) is 13.0. The van der Waals surface area contributed by atoms with Gasteiger partial charge < -0.3 is 19.9 Å². The summed E-state index contributed by atoms with van der Waals surface area (Å²) in [7, 11) is 0. The lowest BCUT2D eigenvalue weighted by atomic mass is 10.1. The first kappa shape index (κ1) is 22.6. The Hall–Kier alpha value is -4.87. The van der Waals surface area contributed by atoms with Crippen LogP contribution < -0.4 is 10.1 Å². The number of carbonyl (C=O) groups excluding carboxylic acids is 1. The molecule has 5 aromatic rings. The second kappa shape index (κ2) is 8.97. The van der Waals surface area contributed by atoms with E-state index in [1.807, 2.05) is 12.1 Å². The van der Waals surface area contributed by atoms with E-state index in [4.69, 9.17) is 4.74 Å². The summed E-state index contributed by atoms with van der Waals surface area (Å²) in [6.45, 7) is 2.80. The van der Waals surface area contributed by atoms with E-state index in [0.717, 1.165) is 12.5 Å². The molecule has 0 spiro atoms. The van der Waals surface area contributed by atoms with Crippen molar-refractivity contribution < 1.29 is 18.3 Å². The van der Waals surface area contributed by atoms with Crippen LogP contribution in [0.25, 0.3) is 22.3 Å². The SMILES string of the molecule is Cc1cc2c(F)c(Oc3ncnc(Nc4cc(-c5ccccn5)[nH]n4)c3C(=O)N3CCC3)cc(F)c2[nH]1. The van der Waals surface area contributed by atoms with Crippen LogP contribution in [0.1, 0.15) is 22.5 Å². The van der Waals surface area contributed by atoms with Crippen molar-refractivity contribution in [2.45, 2.75) is 13.3 Å². The number of anilines is 2. The lowest BCUT2D eigenvalue weighted by Gasteiger charge is -2.31. The Morgan fingerprint density at radius 1 is 1.14 bits per heavy atom. The minimum atomic E-state index is -0.775. The third-order valence-electron chi connectivity index (χ3n) is 6.04. The summed E-state index contributed by atoms with van der Waals surface area (Å²) in [5, 5.41) is 10.2. The highest BCUT2D eigenvalue weighted by Gasteiger charge is 2.30. The predicted molar refractivity (Wildman–Crippen MR) is 131 cm³/mol. The van der Waals surface area contributed by atoms with Gasteiger partial charge in [-0.3, -0.25) is 14.9 Å². The highest BCUT2D eigenvalue weighted by atomic mass is 19.1. The minimum absolute atomic E-state index is 0.0188. The number of benzene rings is 1. The molecule has 186 valence electrons. The zero-order chi connectivity index (χ0) is 25.5. The number of amides is 1. The van der Waals surface area contributed by atoms with Gasteiger partial charge in [-0.15, -0.1) is 0 Å². The van der Waals surface area contributed by atoms with Gasteiger partial charge in [0.15, 0.2) is 29.0 Å². The molecule has 0 radical (unpaired) electrons. The van der Waals surface area contributed by atoms with Gasteiger partial charge in [0.2, 0.25) is 5.88 Å². The van der Waals surface area contributed by atoms with E-state index >= 15 is 4.39 Å². The van der Waals surface area contributed by atoms with Crippen LogP contribution in [0.15, 0.2) is 48.9 Å². The molecule has 3 N–H and O–H groups in total. The molecule has 37 heavy (non-hydrogen) atoms. The molecule has 0 unspecified atom stereocenters. The van der Waals surface area contributed by atoms with Crippen LogP contribution in [-0.2, 0) is 0 Å². The van der Waals surface area contributed by atoms with E-state index in [1.54, 1.807) is 30.2 Å². The number of pyridine rings is 1. The fraction of sp³-hybridized carbons (Fsp3) is 0.160. The van der Waals surface area contributed by atoms with Crippen molar-refractivity contribution in [3.63, 3.8) is 0 Å². The number of H-pyrrole nitrogens is 2. The van der Waals surface area contributed by atoms with Crippen molar-refractivity contribution in [3.8, 4) is 23.0 Å². The molecule has 0 atom stereocenters. The fourth-order valence-corrected chi connectivity index (χ4v) is 4.08. The van der Waals surface area contributed by atoms with Crippen LogP contribution in [0.5, 0.6) is 11.6 Å². The van der Waals surface area contributed by atoms with Crippen LogP contribution in [0.2, 0.25) is 0 Å². The van der Waals surface area contributed by atoms with Crippen LogP contribution in [0.4, 0.5) is 20.4 Å². The number of rotatable bonds is 6. The molecule has 1 saturated heterocycles. The third kappa shape index (κ3) is 4.11. The molecule has 12 heteroatoms. The molecule has 4 aromatic heterocycles. The standard InChI is InChI=1S/C25H20F2N8O2/c1-13-9-14-21(27)18(10-15(26)22(14)31-13)37-24-20(25(36)35-7-4-8-35)23(29-12-30-24)32-19-11-17(33-34-19)16-5-2-3-6-28-16/h2-3,5-6,9-12,31H,4,7-8H2,1H3,(H2,29,30,32,33,34). The largest absolute Gasteiger partial charge is 0.435 e. The number of nitrogens with one attached hydrogen (secondary N) is 3. The first-order valence-corrected chi connectivity index (χ1v) is 11.5. The molecular formula is C25H20F2N8O2. The smallest absolute Gasteiger partial charge is 0.263 e. The van der Waals surface area contributed by atoms with Crippen molar-refractivity contribution >= 4 is 28.4 Å². The van der Waals surface area contributed by atoms with Crippen molar-refractivity contribution in [1.29, 1.82) is 0 Å². The molecule has 1 aliphatic heterocycles. The highest BCUT2D eigenvalue weighted by molar-refractivity contribution is 6.02.